The number of Topliss-reactive ketones (excluding diaryl/α,β-unsaturated/α-hetero) is 1. The molecule has 1 aromatic carbocycles. The van der Waals surface area contributed by atoms with Crippen molar-refractivity contribution in [3.8, 4) is 0 Å². The van der Waals surface area contributed by atoms with Crippen molar-refractivity contribution in [2.45, 2.75) is 24.8 Å². The van der Waals surface area contributed by atoms with Crippen molar-refractivity contribution in [3.05, 3.63) is 35.6 Å². The van der Waals surface area contributed by atoms with Gasteiger partial charge < -0.3 is 5.73 Å². The summed E-state index contributed by atoms with van der Waals surface area (Å²) in [6, 6.07) is 5.99. The maximum absolute atomic E-state index is 13.3. The van der Waals surface area contributed by atoms with Crippen molar-refractivity contribution in [3.63, 3.8) is 0 Å². The second kappa shape index (κ2) is 3.17. The van der Waals surface area contributed by atoms with E-state index in [-0.39, 0.29) is 11.3 Å². The van der Waals surface area contributed by atoms with Gasteiger partial charge in [0.1, 0.15) is 5.82 Å². The summed E-state index contributed by atoms with van der Waals surface area (Å²) in [6.45, 7) is 0. The van der Waals surface area contributed by atoms with Crippen LogP contribution in [-0.2, 0) is 0 Å². The molecule has 0 bridgehead atoms. The van der Waals surface area contributed by atoms with Gasteiger partial charge in [0.15, 0.2) is 5.78 Å². The number of carbonyl (C=O) groups excluding carboxylic acids is 1. The number of ketones is 1. The van der Waals surface area contributed by atoms with Crippen molar-refractivity contribution in [1.82, 2.24) is 0 Å². The van der Waals surface area contributed by atoms with Crippen molar-refractivity contribution < 1.29 is 9.18 Å². The number of halogens is 1. The molecule has 0 spiro atoms. The van der Waals surface area contributed by atoms with Gasteiger partial charge in [0.2, 0.25) is 0 Å². The molecule has 74 valence electrons. The van der Waals surface area contributed by atoms with E-state index in [0.717, 1.165) is 6.42 Å². The zero-order valence-corrected chi connectivity index (χ0v) is 7.79. The highest BCUT2D eigenvalue weighted by atomic mass is 19.1. The first-order chi connectivity index (χ1) is 6.63. The first kappa shape index (κ1) is 9.34. The molecule has 0 unspecified atom stereocenters. The molecule has 0 heterocycles. The Balaban J connectivity index is 2.32. The molecule has 0 saturated heterocycles. The molecule has 14 heavy (non-hydrogen) atoms. The lowest BCUT2D eigenvalue weighted by molar-refractivity contribution is 0.0796. The summed E-state index contributed by atoms with van der Waals surface area (Å²) in [6.07, 6.45) is 2.29. The SMILES string of the molecule is NC1(C(=O)c2ccccc2F)CCC1. The van der Waals surface area contributed by atoms with Gasteiger partial charge in [-0.1, -0.05) is 12.1 Å². The molecular weight excluding hydrogens is 181 g/mol. The zero-order valence-electron chi connectivity index (χ0n) is 7.79. The fourth-order valence-corrected chi connectivity index (χ4v) is 1.70. The highest BCUT2D eigenvalue weighted by Gasteiger charge is 2.41. The first-order valence-electron chi connectivity index (χ1n) is 4.72. The average molecular weight is 193 g/mol. The Labute approximate surface area is 81.9 Å². The molecule has 2 N–H and O–H groups in total. The van der Waals surface area contributed by atoms with Gasteiger partial charge in [-0.3, -0.25) is 4.79 Å². The smallest absolute Gasteiger partial charge is 0.185 e. The summed E-state index contributed by atoms with van der Waals surface area (Å²) < 4.78 is 13.3. The molecular formula is C11H12FNO. The Morgan fingerprint density at radius 2 is 2.00 bits per heavy atom. The summed E-state index contributed by atoms with van der Waals surface area (Å²) in [5.74, 6) is -0.740. The number of carbonyl (C=O) groups is 1. The predicted octanol–water partition coefficient (Wildman–Crippen LogP) is 1.89. The van der Waals surface area contributed by atoms with Crippen LogP contribution in [0.25, 0.3) is 0 Å². The summed E-state index contributed by atoms with van der Waals surface area (Å²) in [5.41, 5.74) is 5.15. The van der Waals surface area contributed by atoms with Gasteiger partial charge in [-0.05, 0) is 31.4 Å². The summed E-state index contributed by atoms with van der Waals surface area (Å²) >= 11 is 0. The topological polar surface area (TPSA) is 43.1 Å². The first-order valence-corrected chi connectivity index (χ1v) is 4.72. The average Bonchev–Trinajstić information content (AvgIpc) is 2.14. The van der Waals surface area contributed by atoms with E-state index >= 15 is 0 Å². The Hall–Kier alpha value is -1.22. The van der Waals surface area contributed by atoms with Crippen LogP contribution in [-0.4, -0.2) is 11.3 Å². The second-order valence-electron chi connectivity index (χ2n) is 3.82. The largest absolute Gasteiger partial charge is 0.319 e. The van der Waals surface area contributed by atoms with Crippen molar-refractivity contribution >= 4 is 5.78 Å². The van der Waals surface area contributed by atoms with E-state index in [1.807, 2.05) is 0 Å². The van der Waals surface area contributed by atoms with Crippen LogP contribution in [0.1, 0.15) is 29.6 Å². The molecule has 0 aliphatic heterocycles. The van der Waals surface area contributed by atoms with Gasteiger partial charge in [-0.25, -0.2) is 4.39 Å². The Morgan fingerprint density at radius 3 is 2.50 bits per heavy atom. The van der Waals surface area contributed by atoms with Gasteiger partial charge in [0, 0.05) is 0 Å². The standard InChI is InChI=1S/C11H12FNO/c12-9-5-2-1-4-8(9)10(14)11(13)6-3-7-11/h1-2,4-5H,3,6-7,13H2. The monoisotopic (exact) mass is 193 g/mol. The highest BCUT2D eigenvalue weighted by Crippen LogP contribution is 2.32. The van der Waals surface area contributed by atoms with Crippen LogP contribution in [0.5, 0.6) is 0 Å². The van der Waals surface area contributed by atoms with Gasteiger partial charge in [-0.15, -0.1) is 0 Å². The Bertz CT molecular complexity index is 371. The normalized spacial score (nSPS) is 18.7. The van der Waals surface area contributed by atoms with Crippen LogP contribution in [0.2, 0.25) is 0 Å². The lowest BCUT2D eigenvalue weighted by atomic mass is 9.73. The summed E-state index contributed by atoms with van der Waals surface area (Å²) in [4.78, 5) is 11.8. The van der Waals surface area contributed by atoms with Gasteiger partial charge in [0.25, 0.3) is 0 Å². The maximum Gasteiger partial charge on any atom is 0.185 e. The molecule has 2 rings (SSSR count). The number of nitrogens with two attached hydrogens (primary N) is 1. The van der Waals surface area contributed by atoms with E-state index in [9.17, 15) is 9.18 Å². The third kappa shape index (κ3) is 1.34. The third-order valence-corrected chi connectivity index (χ3v) is 2.82. The van der Waals surface area contributed by atoms with Crippen LogP contribution in [0, 0.1) is 5.82 Å². The Morgan fingerprint density at radius 1 is 1.36 bits per heavy atom. The van der Waals surface area contributed by atoms with E-state index in [0.29, 0.717) is 12.8 Å². The fourth-order valence-electron chi connectivity index (χ4n) is 1.70. The van der Waals surface area contributed by atoms with E-state index in [1.165, 1.54) is 12.1 Å². The van der Waals surface area contributed by atoms with E-state index in [1.54, 1.807) is 12.1 Å². The molecule has 0 amide bonds. The lowest BCUT2D eigenvalue weighted by Crippen LogP contribution is -2.53. The van der Waals surface area contributed by atoms with Crippen LogP contribution in [0.15, 0.2) is 24.3 Å². The van der Waals surface area contributed by atoms with Crippen molar-refractivity contribution in [2.24, 2.45) is 5.73 Å². The molecule has 2 nitrogen and oxygen atoms in total. The minimum atomic E-state index is -0.803. The molecule has 0 atom stereocenters. The van der Waals surface area contributed by atoms with E-state index < -0.39 is 11.4 Å². The molecule has 1 fully saturated rings. The highest BCUT2D eigenvalue weighted by molar-refractivity contribution is 6.03. The van der Waals surface area contributed by atoms with Crippen LogP contribution >= 0.6 is 0 Å². The van der Waals surface area contributed by atoms with E-state index in [4.69, 9.17) is 5.73 Å². The van der Waals surface area contributed by atoms with Crippen LogP contribution < -0.4 is 5.73 Å². The molecule has 0 aromatic heterocycles. The Kier molecular flexibility index (Phi) is 2.11. The maximum atomic E-state index is 13.3. The number of rotatable bonds is 2. The van der Waals surface area contributed by atoms with Gasteiger partial charge in [0.05, 0.1) is 11.1 Å². The summed E-state index contributed by atoms with van der Waals surface area (Å²) in [7, 11) is 0. The minimum Gasteiger partial charge on any atom is -0.319 e. The second-order valence-corrected chi connectivity index (χ2v) is 3.82. The molecule has 1 aliphatic rings. The minimum absolute atomic E-state index is 0.120. The molecule has 3 heteroatoms. The molecule has 1 aromatic rings. The molecule has 0 radical (unpaired) electrons. The van der Waals surface area contributed by atoms with E-state index in [2.05, 4.69) is 0 Å². The van der Waals surface area contributed by atoms with Crippen LogP contribution in [0.4, 0.5) is 4.39 Å². The predicted molar refractivity (Wildman–Crippen MR) is 51.5 cm³/mol. The molecule has 1 saturated carbocycles. The lowest BCUT2D eigenvalue weighted by Gasteiger charge is -2.36. The van der Waals surface area contributed by atoms with Crippen LogP contribution in [0.3, 0.4) is 0 Å². The van der Waals surface area contributed by atoms with Crippen molar-refractivity contribution in [2.75, 3.05) is 0 Å². The van der Waals surface area contributed by atoms with Gasteiger partial charge >= 0.3 is 0 Å². The number of hydrogen-bond acceptors (Lipinski definition) is 2. The van der Waals surface area contributed by atoms with Crippen molar-refractivity contribution in [1.29, 1.82) is 0 Å². The third-order valence-electron chi connectivity index (χ3n) is 2.82. The fraction of sp³-hybridized carbons (Fsp3) is 0.364. The summed E-state index contributed by atoms with van der Waals surface area (Å²) in [5, 5.41) is 0. The number of benzene rings is 1. The number of hydrogen-bond donors (Lipinski definition) is 1. The molecule has 1 aliphatic carbocycles. The zero-order chi connectivity index (χ0) is 10.2. The van der Waals surface area contributed by atoms with Gasteiger partial charge in [-0.2, -0.15) is 0 Å². The quantitative estimate of drug-likeness (QED) is 0.729.